The van der Waals surface area contributed by atoms with E-state index in [2.05, 4.69) is 36.0 Å². The Kier molecular flexibility index (Phi) is 2.05. The summed E-state index contributed by atoms with van der Waals surface area (Å²) in [6.45, 7) is 1.82. The Labute approximate surface area is 83.0 Å². The van der Waals surface area contributed by atoms with Gasteiger partial charge >= 0.3 is 0 Å². The first-order valence-corrected chi connectivity index (χ1v) is 4.41. The second-order valence-electron chi connectivity index (χ2n) is 2.43. The van der Waals surface area contributed by atoms with Gasteiger partial charge in [-0.1, -0.05) is 0 Å². The zero-order valence-corrected chi connectivity index (χ0v) is 8.43. The Hall–Kier alpha value is -1.30. The van der Waals surface area contributed by atoms with Crippen molar-refractivity contribution < 1.29 is 0 Å². The normalized spacial score (nSPS) is 10.3. The molecule has 0 saturated heterocycles. The topological polar surface area (TPSA) is 56.5 Å². The molecule has 0 spiro atoms. The van der Waals surface area contributed by atoms with Gasteiger partial charge in [-0.05, 0) is 22.9 Å². The average molecular weight is 240 g/mol. The van der Waals surface area contributed by atoms with Crippen LogP contribution in [-0.2, 0) is 0 Å². The summed E-state index contributed by atoms with van der Waals surface area (Å²) in [6.07, 6.45) is 4.85. The molecule has 0 atom stereocenters. The lowest BCUT2D eigenvalue weighted by molar-refractivity contribution is 0.822. The molecule has 0 saturated carbocycles. The van der Waals surface area contributed by atoms with Crippen molar-refractivity contribution in [2.24, 2.45) is 0 Å². The number of aromatic nitrogens is 5. The van der Waals surface area contributed by atoms with Gasteiger partial charge in [0.05, 0.1) is 12.4 Å². The molecule has 2 aromatic heterocycles. The first-order chi connectivity index (χ1) is 6.25. The molecule has 0 radical (unpaired) electrons. The highest BCUT2D eigenvalue weighted by atomic mass is 79.9. The van der Waals surface area contributed by atoms with Crippen LogP contribution in [0.4, 0.5) is 0 Å². The molecule has 0 amide bonds. The van der Waals surface area contributed by atoms with E-state index in [-0.39, 0.29) is 0 Å². The zero-order valence-electron chi connectivity index (χ0n) is 6.85. The fraction of sp³-hybridized carbons (Fsp3) is 0.143. The first-order valence-electron chi connectivity index (χ1n) is 3.62. The number of halogens is 1. The number of hydrogen-bond acceptors (Lipinski definition) is 4. The van der Waals surface area contributed by atoms with Crippen molar-refractivity contribution in [1.29, 1.82) is 0 Å². The van der Waals surface area contributed by atoms with Crippen LogP contribution in [-0.4, -0.2) is 24.7 Å². The van der Waals surface area contributed by atoms with Gasteiger partial charge < -0.3 is 0 Å². The molecule has 6 heteroatoms. The predicted octanol–water partition coefficient (Wildman–Crippen LogP) is 1.13. The molecule has 2 aromatic rings. The molecule has 2 rings (SSSR count). The third-order valence-electron chi connectivity index (χ3n) is 1.45. The van der Waals surface area contributed by atoms with E-state index >= 15 is 0 Å². The van der Waals surface area contributed by atoms with Gasteiger partial charge in [0.15, 0.2) is 5.82 Å². The quantitative estimate of drug-likeness (QED) is 0.749. The van der Waals surface area contributed by atoms with Gasteiger partial charge in [-0.2, -0.15) is 5.10 Å². The summed E-state index contributed by atoms with van der Waals surface area (Å²) in [5.74, 6) is 1.37. The van der Waals surface area contributed by atoms with Gasteiger partial charge in [-0.25, -0.2) is 19.6 Å². The number of aryl methyl sites for hydroxylation is 1. The Morgan fingerprint density at radius 1 is 1.23 bits per heavy atom. The summed E-state index contributed by atoms with van der Waals surface area (Å²) in [7, 11) is 0. The summed E-state index contributed by atoms with van der Waals surface area (Å²) < 4.78 is 2.28. The molecule has 0 aliphatic carbocycles. The van der Waals surface area contributed by atoms with Crippen molar-refractivity contribution in [3.8, 4) is 5.82 Å². The second-order valence-corrected chi connectivity index (χ2v) is 3.25. The minimum atomic E-state index is 0.656. The SMILES string of the molecule is Cc1ncn(-c2cnc(Br)cn2)n1. The maximum Gasteiger partial charge on any atom is 0.173 e. The molecule has 0 N–H and O–H groups in total. The third-order valence-corrected chi connectivity index (χ3v) is 1.86. The minimum Gasteiger partial charge on any atom is -0.244 e. The fourth-order valence-electron chi connectivity index (χ4n) is 0.880. The molecule has 0 aliphatic rings. The Bertz CT molecular complexity index is 407. The lowest BCUT2D eigenvalue weighted by Gasteiger charge is -1.96. The summed E-state index contributed by atoms with van der Waals surface area (Å²) in [6, 6.07) is 0. The standard InChI is InChI=1S/C7H6BrN5/c1-5-11-4-13(12-5)7-3-9-6(8)2-10-7/h2-4H,1H3. The maximum absolute atomic E-state index is 4.11. The highest BCUT2D eigenvalue weighted by Gasteiger charge is 2.00. The Morgan fingerprint density at radius 3 is 2.62 bits per heavy atom. The highest BCUT2D eigenvalue weighted by Crippen LogP contribution is 2.05. The fourth-order valence-corrected chi connectivity index (χ4v) is 1.08. The largest absolute Gasteiger partial charge is 0.244 e. The molecule has 0 aliphatic heterocycles. The van der Waals surface area contributed by atoms with Crippen LogP contribution in [0.15, 0.2) is 23.3 Å². The van der Waals surface area contributed by atoms with E-state index in [0.29, 0.717) is 16.2 Å². The average Bonchev–Trinajstić information content (AvgIpc) is 2.53. The molecular weight excluding hydrogens is 234 g/mol. The van der Waals surface area contributed by atoms with Crippen molar-refractivity contribution in [2.45, 2.75) is 6.92 Å². The molecule has 0 bridgehead atoms. The van der Waals surface area contributed by atoms with E-state index in [1.165, 1.54) is 0 Å². The van der Waals surface area contributed by atoms with Crippen molar-refractivity contribution in [1.82, 2.24) is 24.7 Å². The van der Waals surface area contributed by atoms with Gasteiger partial charge in [0.25, 0.3) is 0 Å². The van der Waals surface area contributed by atoms with Crippen molar-refractivity contribution in [3.63, 3.8) is 0 Å². The Balaban J connectivity index is 2.41. The molecule has 2 heterocycles. The Morgan fingerprint density at radius 2 is 2.08 bits per heavy atom. The van der Waals surface area contributed by atoms with E-state index < -0.39 is 0 Å². The molecule has 0 unspecified atom stereocenters. The predicted molar refractivity (Wildman–Crippen MR) is 49.4 cm³/mol. The van der Waals surface area contributed by atoms with Crippen LogP contribution < -0.4 is 0 Å². The molecular formula is C7H6BrN5. The van der Waals surface area contributed by atoms with Crippen LogP contribution in [0, 0.1) is 6.92 Å². The van der Waals surface area contributed by atoms with E-state index in [9.17, 15) is 0 Å². The summed E-state index contributed by atoms with van der Waals surface area (Å²) in [5, 5.41) is 4.10. The smallest absolute Gasteiger partial charge is 0.173 e. The van der Waals surface area contributed by atoms with E-state index in [4.69, 9.17) is 0 Å². The summed E-state index contributed by atoms with van der Waals surface area (Å²) in [5.41, 5.74) is 0. The summed E-state index contributed by atoms with van der Waals surface area (Å²) in [4.78, 5) is 12.1. The van der Waals surface area contributed by atoms with Crippen LogP contribution in [0.5, 0.6) is 0 Å². The van der Waals surface area contributed by atoms with Crippen LogP contribution in [0.1, 0.15) is 5.82 Å². The lowest BCUT2D eigenvalue weighted by Crippen LogP contribution is -1.98. The van der Waals surface area contributed by atoms with Gasteiger partial charge in [-0.15, -0.1) is 0 Å². The van der Waals surface area contributed by atoms with E-state index in [1.54, 1.807) is 23.4 Å². The number of nitrogens with zero attached hydrogens (tertiary/aromatic N) is 5. The van der Waals surface area contributed by atoms with E-state index in [0.717, 1.165) is 0 Å². The summed E-state index contributed by atoms with van der Waals surface area (Å²) >= 11 is 3.20. The van der Waals surface area contributed by atoms with Gasteiger partial charge in [-0.3, -0.25) is 0 Å². The van der Waals surface area contributed by atoms with Crippen molar-refractivity contribution in [3.05, 3.63) is 29.1 Å². The third kappa shape index (κ3) is 1.72. The molecule has 0 aromatic carbocycles. The maximum atomic E-state index is 4.11. The second kappa shape index (κ2) is 3.21. The highest BCUT2D eigenvalue weighted by molar-refractivity contribution is 9.10. The molecule has 66 valence electrons. The van der Waals surface area contributed by atoms with Crippen molar-refractivity contribution >= 4 is 15.9 Å². The number of hydrogen-bond donors (Lipinski definition) is 0. The van der Waals surface area contributed by atoms with E-state index in [1.807, 2.05) is 6.92 Å². The van der Waals surface area contributed by atoms with Crippen molar-refractivity contribution in [2.75, 3.05) is 0 Å². The van der Waals surface area contributed by atoms with Crippen LogP contribution in [0.3, 0.4) is 0 Å². The molecule has 0 fully saturated rings. The number of rotatable bonds is 1. The monoisotopic (exact) mass is 239 g/mol. The first kappa shape index (κ1) is 8.31. The minimum absolute atomic E-state index is 0.656. The van der Waals surface area contributed by atoms with Gasteiger partial charge in [0, 0.05) is 0 Å². The molecule has 13 heavy (non-hydrogen) atoms. The van der Waals surface area contributed by atoms with Crippen LogP contribution >= 0.6 is 15.9 Å². The zero-order chi connectivity index (χ0) is 9.26. The lowest BCUT2D eigenvalue weighted by atomic mass is 10.7. The molecule has 5 nitrogen and oxygen atoms in total. The van der Waals surface area contributed by atoms with Crippen LogP contribution in [0.2, 0.25) is 0 Å². The van der Waals surface area contributed by atoms with Gasteiger partial charge in [0.2, 0.25) is 0 Å². The van der Waals surface area contributed by atoms with Crippen LogP contribution in [0.25, 0.3) is 5.82 Å². The van der Waals surface area contributed by atoms with Gasteiger partial charge in [0.1, 0.15) is 16.8 Å².